The molecule has 0 aliphatic carbocycles. The van der Waals surface area contributed by atoms with Crippen LogP contribution in [0.2, 0.25) is 0 Å². The lowest BCUT2D eigenvalue weighted by molar-refractivity contribution is 0.468. The van der Waals surface area contributed by atoms with E-state index in [1.54, 1.807) is 24.3 Å². The van der Waals surface area contributed by atoms with Gasteiger partial charge in [0, 0.05) is 36.1 Å². The zero-order chi connectivity index (χ0) is 20.4. The van der Waals surface area contributed by atoms with E-state index in [0.29, 0.717) is 29.9 Å². The van der Waals surface area contributed by atoms with Gasteiger partial charge in [0.1, 0.15) is 23.5 Å². The summed E-state index contributed by atoms with van der Waals surface area (Å²) in [6.07, 6.45) is 5.47. The normalized spacial score (nSPS) is 11.3. The Hall–Kier alpha value is -3.48. The number of benzene rings is 1. The summed E-state index contributed by atoms with van der Waals surface area (Å²) in [6, 6.07) is 10.8. The molecule has 0 saturated heterocycles. The van der Waals surface area contributed by atoms with Gasteiger partial charge in [0.05, 0.1) is 5.39 Å². The quantitative estimate of drug-likeness (QED) is 0.471. The van der Waals surface area contributed by atoms with Gasteiger partial charge in [-0.15, -0.1) is 0 Å². The van der Waals surface area contributed by atoms with Crippen LogP contribution in [0.3, 0.4) is 0 Å². The maximum Gasteiger partial charge on any atom is 0.220 e. The van der Waals surface area contributed by atoms with Crippen molar-refractivity contribution in [3.05, 3.63) is 66.6 Å². The third-order valence-electron chi connectivity index (χ3n) is 4.89. The van der Waals surface area contributed by atoms with E-state index < -0.39 is 5.95 Å². The first-order chi connectivity index (χ1) is 14.1. The van der Waals surface area contributed by atoms with E-state index in [1.165, 1.54) is 12.5 Å². The van der Waals surface area contributed by atoms with Crippen molar-refractivity contribution >= 4 is 16.9 Å². The summed E-state index contributed by atoms with van der Waals surface area (Å²) in [6.45, 7) is 4.66. The molecule has 0 saturated carbocycles. The SMILES string of the molecule is CC(C)n1cc(-c2cccnc2F)c2c(NCCc3ccccc3O)ncnc21. The number of rotatable bonds is 6. The Morgan fingerprint density at radius 2 is 1.90 bits per heavy atom. The maximum atomic E-state index is 14.5. The average Bonchev–Trinajstić information content (AvgIpc) is 3.10. The number of phenolic OH excluding ortho intramolecular Hbond substituents is 1. The summed E-state index contributed by atoms with van der Waals surface area (Å²) >= 11 is 0. The van der Waals surface area contributed by atoms with Gasteiger partial charge in [-0.2, -0.15) is 4.39 Å². The average molecular weight is 391 g/mol. The number of phenols is 1. The molecular weight excluding hydrogens is 369 g/mol. The van der Waals surface area contributed by atoms with Crippen LogP contribution in [0.25, 0.3) is 22.2 Å². The van der Waals surface area contributed by atoms with Gasteiger partial charge in [0.15, 0.2) is 0 Å². The highest BCUT2D eigenvalue weighted by atomic mass is 19.1. The molecule has 0 unspecified atom stereocenters. The molecule has 6 nitrogen and oxygen atoms in total. The molecule has 0 radical (unpaired) electrons. The van der Waals surface area contributed by atoms with Crippen LogP contribution in [0.5, 0.6) is 5.75 Å². The Labute approximate surface area is 168 Å². The van der Waals surface area contributed by atoms with Gasteiger partial charge in [-0.05, 0) is 44.0 Å². The van der Waals surface area contributed by atoms with Crippen molar-refractivity contribution in [3.8, 4) is 16.9 Å². The molecule has 7 heteroatoms. The molecule has 0 amide bonds. The van der Waals surface area contributed by atoms with Gasteiger partial charge in [-0.25, -0.2) is 15.0 Å². The molecule has 0 spiro atoms. The molecule has 0 atom stereocenters. The summed E-state index contributed by atoms with van der Waals surface area (Å²) in [7, 11) is 0. The molecule has 4 rings (SSSR count). The summed E-state index contributed by atoms with van der Waals surface area (Å²) in [5.74, 6) is 0.369. The molecule has 3 heterocycles. The summed E-state index contributed by atoms with van der Waals surface area (Å²) in [4.78, 5) is 12.6. The van der Waals surface area contributed by atoms with E-state index in [-0.39, 0.29) is 11.8 Å². The number of fused-ring (bicyclic) bond motifs is 1. The zero-order valence-electron chi connectivity index (χ0n) is 16.3. The zero-order valence-corrected chi connectivity index (χ0v) is 16.3. The monoisotopic (exact) mass is 391 g/mol. The van der Waals surface area contributed by atoms with Crippen LogP contribution in [-0.4, -0.2) is 31.2 Å². The number of anilines is 1. The number of pyridine rings is 1. The van der Waals surface area contributed by atoms with Gasteiger partial charge >= 0.3 is 0 Å². The van der Waals surface area contributed by atoms with Crippen LogP contribution in [0.15, 0.2) is 55.1 Å². The van der Waals surface area contributed by atoms with Crippen LogP contribution >= 0.6 is 0 Å². The molecule has 148 valence electrons. The highest BCUT2D eigenvalue weighted by Gasteiger charge is 2.20. The number of aromatic hydroxyl groups is 1. The van der Waals surface area contributed by atoms with Crippen LogP contribution in [-0.2, 0) is 6.42 Å². The van der Waals surface area contributed by atoms with Crippen LogP contribution in [0.4, 0.5) is 10.2 Å². The molecule has 0 aliphatic rings. The minimum atomic E-state index is -0.528. The van der Waals surface area contributed by atoms with Gasteiger partial charge in [0.2, 0.25) is 5.95 Å². The van der Waals surface area contributed by atoms with Crippen molar-refractivity contribution in [1.29, 1.82) is 0 Å². The maximum absolute atomic E-state index is 14.5. The predicted molar refractivity (Wildman–Crippen MR) is 111 cm³/mol. The molecule has 4 aromatic rings. The fourth-order valence-corrected chi connectivity index (χ4v) is 3.44. The van der Waals surface area contributed by atoms with E-state index >= 15 is 0 Å². The first kappa shape index (κ1) is 18.9. The van der Waals surface area contributed by atoms with Gasteiger partial charge < -0.3 is 15.0 Å². The first-order valence-corrected chi connectivity index (χ1v) is 9.53. The van der Waals surface area contributed by atoms with Gasteiger partial charge in [-0.1, -0.05) is 18.2 Å². The minimum Gasteiger partial charge on any atom is -0.508 e. The Kier molecular flexibility index (Phi) is 5.12. The smallest absolute Gasteiger partial charge is 0.220 e. The number of aromatic nitrogens is 4. The second-order valence-electron chi connectivity index (χ2n) is 7.11. The van der Waals surface area contributed by atoms with E-state index in [4.69, 9.17) is 0 Å². The number of para-hydroxylation sites is 1. The topological polar surface area (TPSA) is 75.9 Å². The molecular formula is C22H22FN5O. The summed E-state index contributed by atoms with van der Waals surface area (Å²) in [5, 5.41) is 14.0. The van der Waals surface area contributed by atoms with Crippen molar-refractivity contribution in [1.82, 2.24) is 19.5 Å². The molecule has 0 fully saturated rings. The lowest BCUT2D eigenvalue weighted by atomic mass is 10.1. The Morgan fingerprint density at radius 3 is 2.66 bits per heavy atom. The van der Waals surface area contributed by atoms with Crippen molar-refractivity contribution in [2.45, 2.75) is 26.3 Å². The fourth-order valence-electron chi connectivity index (χ4n) is 3.44. The van der Waals surface area contributed by atoms with E-state index in [1.807, 2.05) is 22.9 Å². The number of nitrogens with zero attached hydrogens (tertiary/aromatic N) is 4. The lowest BCUT2D eigenvalue weighted by Crippen LogP contribution is -2.08. The lowest BCUT2D eigenvalue weighted by Gasteiger charge is -2.10. The molecule has 0 bridgehead atoms. The third kappa shape index (κ3) is 3.63. The molecule has 1 aromatic carbocycles. The standard InChI is InChI=1S/C22H22FN5O/c1-14(2)28-12-17(16-7-5-10-24-20(16)23)19-21(26-13-27-22(19)28)25-11-9-15-6-3-4-8-18(15)29/h3-8,10,12-14,29H,9,11H2,1-2H3,(H,25,26,27). The summed E-state index contributed by atoms with van der Waals surface area (Å²) < 4.78 is 16.5. The highest BCUT2D eigenvalue weighted by molar-refractivity contribution is 6.01. The Balaban J connectivity index is 1.74. The van der Waals surface area contributed by atoms with Crippen LogP contribution in [0, 0.1) is 5.95 Å². The number of hydrogen-bond acceptors (Lipinski definition) is 5. The first-order valence-electron chi connectivity index (χ1n) is 9.53. The van der Waals surface area contributed by atoms with E-state index in [2.05, 4.69) is 34.1 Å². The second kappa shape index (κ2) is 7.87. The van der Waals surface area contributed by atoms with Crippen LogP contribution < -0.4 is 5.32 Å². The van der Waals surface area contributed by atoms with Gasteiger partial charge in [0.25, 0.3) is 0 Å². The number of nitrogens with one attached hydrogen (secondary N) is 1. The molecule has 2 N–H and O–H groups in total. The van der Waals surface area contributed by atoms with Crippen molar-refractivity contribution < 1.29 is 9.50 Å². The summed E-state index contributed by atoms with van der Waals surface area (Å²) in [5.41, 5.74) is 2.70. The number of halogens is 1. The fraction of sp³-hybridized carbons (Fsp3) is 0.227. The van der Waals surface area contributed by atoms with E-state index in [9.17, 15) is 9.50 Å². The van der Waals surface area contributed by atoms with Gasteiger partial charge in [-0.3, -0.25) is 0 Å². The minimum absolute atomic E-state index is 0.148. The Bertz CT molecular complexity index is 1160. The van der Waals surface area contributed by atoms with Crippen molar-refractivity contribution in [2.24, 2.45) is 0 Å². The molecule has 3 aromatic heterocycles. The van der Waals surface area contributed by atoms with Crippen LogP contribution in [0.1, 0.15) is 25.5 Å². The highest BCUT2D eigenvalue weighted by Crippen LogP contribution is 2.36. The van der Waals surface area contributed by atoms with E-state index in [0.717, 1.165) is 16.6 Å². The largest absolute Gasteiger partial charge is 0.508 e. The molecule has 29 heavy (non-hydrogen) atoms. The Morgan fingerprint density at radius 1 is 1.07 bits per heavy atom. The predicted octanol–water partition coefficient (Wildman–Crippen LogP) is 4.57. The third-order valence-corrected chi connectivity index (χ3v) is 4.89. The van der Waals surface area contributed by atoms with Crippen molar-refractivity contribution in [2.75, 3.05) is 11.9 Å². The van der Waals surface area contributed by atoms with Crippen molar-refractivity contribution in [3.63, 3.8) is 0 Å². The second-order valence-corrected chi connectivity index (χ2v) is 7.11. The number of hydrogen-bond donors (Lipinski definition) is 2. The molecule has 0 aliphatic heterocycles.